The minimum absolute atomic E-state index is 0.0654. The highest BCUT2D eigenvalue weighted by Crippen LogP contribution is 2.21. The van der Waals surface area contributed by atoms with Gasteiger partial charge in [-0.3, -0.25) is 29.6 Å². The molecule has 0 saturated carbocycles. The summed E-state index contributed by atoms with van der Waals surface area (Å²) < 4.78 is 0. The van der Waals surface area contributed by atoms with Crippen LogP contribution in [0.2, 0.25) is 0 Å². The number of nitro benzene ring substituents is 1. The molecule has 1 aliphatic heterocycles. The van der Waals surface area contributed by atoms with Gasteiger partial charge in [-0.05, 0) is 62.5 Å². The number of likely N-dealkylation sites (tertiary alicyclic amines) is 1. The molecule has 0 aliphatic carbocycles. The Balaban J connectivity index is 1.41. The zero-order chi connectivity index (χ0) is 21.5. The number of hydrogen-bond acceptors (Lipinski definition) is 6. The number of rotatable bonds is 6. The smallest absolute Gasteiger partial charge is 0.313 e. The van der Waals surface area contributed by atoms with E-state index in [1.807, 2.05) is 18.2 Å². The number of anilines is 1. The van der Waals surface area contributed by atoms with Crippen molar-refractivity contribution in [1.29, 1.82) is 0 Å². The summed E-state index contributed by atoms with van der Waals surface area (Å²) in [5, 5.41) is 16.0. The van der Waals surface area contributed by atoms with Crippen molar-refractivity contribution >= 4 is 23.2 Å². The van der Waals surface area contributed by atoms with Gasteiger partial charge in [0.25, 0.3) is 5.69 Å². The van der Waals surface area contributed by atoms with E-state index >= 15 is 0 Å². The highest BCUT2D eigenvalue weighted by molar-refractivity contribution is 6.39. The maximum Gasteiger partial charge on any atom is 0.313 e. The van der Waals surface area contributed by atoms with Crippen molar-refractivity contribution in [3.05, 3.63) is 64.0 Å². The molecule has 9 nitrogen and oxygen atoms in total. The second kappa shape index (κ2) is 9.93. The largest absolute Gasteiger partial charge is 0.348 e. The van der Waals surface area contributed by atoms with Crippen LogP contribution in [0.15, 0.2) is 42.6 Å². The first kappa shape index (κ1) is 21.4. The SMILES string of the molecule is Cc1cc([N+](=O)[O-])ccc1NC(=O)C(=O)NCC1CCN(Cc2ccccn2)CC1. The second-order valence-electron chi connectivity index (χ2n) is 7.46. The molecule has 30 heavy (non-hydrogen) atoms. The Kier molecular flexibility index (Phi) is 7.08. The first-order valence-electron chi connectivity index (χ1n) is 9.89. The van der Waals surface area contributed by atoms with Crippen molar-refractivity contribution in [2.75, 3.05) is 25.0 Å². The predicted molar refractivity (Wildman–Crippen MR) is 112 cm³/mol. The third-order valence-corrected chi connectivity index (χ3v) is 5.25. The van der Waals surface area contributed by atoms with Crippen LogP contribution in [0, 0.1) is 23.0 Å². The average molecular weight is 411 g/mol. The lowest BCUT2D eigenvalue weighted by molar-refractivity contribution is -0.384. The molecule has 9 heteroatoms. The van der Waals surface area contributed by atoms with E-state index in [2.05, 4.69) is 20.5 Å². The Hall–Kier alpha value is -3.33. The monoisotopic (exact) mass is 411 g/mol. The molecule has 1 aromatic heterocycles. The molecular weight excluding hydrogens is 386 g/mol. The average Bonchev–Trinajstić information content (AvgIpc) is 2.75. The van der Waals surface area contributed by atoms with E-state index in [0.29, 0.717) is 23.7 Å². The maximum atomic E-state index is 12.1. The fourth-order valence-corrected chi connectivity index (χ4v) is 3.47. The number of carbonyl (C=O) groups is 2. The third kappa shape index (κ3) is 5.84. The molecule has 1 fully saturated rings. The van der Waals surface area contributed by atoms with Gasteiger partial charge in [0.15, 0.2) is 0 Å². The van der Waals surface area contributed by atoms with Gasteiger partial charge < -0.3 is 10.6 Å². The van der Waals surface area contributed by atoms with E-state index in [1.165, 1.54) is 18.2 Å². The first-order chi connectivity index (χ1) is 14.4. The van der Waals surface area contributed by atoms with E-state index < -0.39 is 16.7 Å². The van der Waals surface area contributed by atoms with Crippen molar-refractivity contribution in [2.45, 2.75) is 26.3 Å². The Morgan fingerprint density at radius 2 is 1.97 bits per heavy atom. The van der Waals surface area contributed by atoms with Crippen molar-refractivity contribution in [3.8, 4) is 0 Å². The van der Waals surface area contributed by atoms with Gasteiger partial charge in [0, 0.05) is 37.1 Å². The molecule has 1 aromatic carbocycles. The van der Waals surface area contributed by atoms with Gasteiger partial charge in [-0.2, -0.15) is 0 Å². The standard InChI is InChI=1S/C21H25N5O4/c1-15-12-18(26(29)30)5-6-19(15)24-21(28)20(27)23-13-16-7-10-25(11-8-16)14-17-4-2-3-9-22-17/h2-6,9,12,16H,7-8,10-11,13-14H2,1H3,(H,23,27)(H,24,28). The summed E-state index contributed by atoms with van der Waals surface area (Å²) in [5.74, 6) is -1.16. The van der Waals surface area contributed by atoms with E-state index in [-0.39, 0.29) is 5.69 Å². The minimum Gasteiger partial charge on any atom is -0.348 e. The van der Waals surface area contributed by atoms with Crippen LogP contribution < -0.4 is 10.6 Å². The molecular formula is C21H25N5O4. The zero-order valence-corrected chi connectivity index (χ0v) is 16.8. The van der Waals surface area contributed by atoms with Crippen LogP contribution in [0.3, 0.4) is 0 Å². The normalized spacial score (nSPS) is 14.8. The second-order valence-corrected chi connectivity index (χ2v) is 7.46. The number of carbonyl (C=O) groups excluding carboxylic acids is 2. The summed E-state index contributed by atoms with van der Waals surface area (Å²) in [5.41, 5.74) is 1.88. The molecule has 2 aromatic rings. The Bertz CT molecular complexity index is 911. The molecule has 0 unspecified atom stereocenters. The van der Waals surface area contributed by atoms with Crippen molar-refractivity contribution < 1.29 is 14.5 Å². The highest BCUT2D eigenvalue weighted by atomic mass is 16.6. The number of nitrogens with one attached hydrogen (secondary N) is 2. The Labute approximate surface area is 174 Å². The zero-order valence-electron chi connectivity index (χ0n) is 16.8. The van der Waals surface area contributed by atoms with Crippen LogP contribution in [0.25, 0.3) is 0 Å². The number of non-ortho nitro benzene ring substituents is 1. The summed E-state index contributed by atoms with van der Waals surface area (Å²) in [6.45, 7) is 4.75. The number of aryl methyl sites for hydroxylation is 1. The van der Waals surface area contributed by atoms with Gasteiger partial charge in [0.1, 0.15) is 0 Å². The van der Waals surface area contributed by atoms with E-state index in [0.717, 1.165) is 38.2 Å². The number of nitrogens with zero attached hydrogens (tertiary/aromatic N) is 3. The van der Waals surface area contributed by atoms with Crippen molar-refractivity contribution in [2.24, 2.45) is 5.92 Å². The van der Waals surface area contributed by atoms with Gasteiger partial charge in [-0.25, -0.2) is 0 Å². The van der Waals surface area contributed by atoms with E-state index in [1.54, 1.807) is 13.1 Å². The van der Waals surface area contributed by atoms with Crippen LogP contribution in [0.4, 0.5) is 11.4 Å². The molecule has 2 heterocycles. The molecule has 158 valence electrons. The van der Waals surface area contributed by atoms with Crippen molar-refractivity contribution in [1.82, 2.24) is 15.2 Å². The van der Waals surface area contributed by atoms with Crippen LogP contribution in [-0.2, 0) is 16.1 Å². The fraction of sp³-hybridized carbons (Fsp3) is 0.381. The van der Waals surface area contributed by atoms with Crippen LogP contribution in [-0.4, -0.2) is 46.3 Å². The van der Waals surface area contributed by atoms with Gasteiger partial charge in [0.2, 0.25) is 0 Å². The quantitative estimate of drug-likeness (QED) is 0.428. The predicted octanol–water partition coefficient (Wildman–Crippen LogP) is 2.27. The summed E-state index contributed by atoms with van der Waals surface area (Å²) in [4.78, 5) is 41.2. The lowest BCUT2D eigenvalue weighted by Gasteiger charge is -2.31. The summed E-state index contributed by atoms with van der Waals surface area (Å²) >= 11 is 0. The number of benzene rings is 1. The lowest BCUT2D eigenvalue weighted by Crippen LogP contribution is -2.41. The fourth-order valence-electron chi connectivity index (χ4n) is 3.47. The molecule has 0 radical (unpaired) electrons. The maximum absolute atomic E-state index is 12.1. The number of aromatic nitrogens is 1. The molecule has 2 N–H and O–H groups in total. The number of pyridine rings is 1. The third-order valence-electron chi connectivity index (χ3n) is 5.25. The highest BCUT2D eigenvalue weighted by Gasteiger charge is 2.22. The van der Waals surface area contributed by atoms with Crippen LogP contribution in [0.1, 0.15) is 24.1 Å². The summed E-state index contributed by atoms with van der Waals surface area (Å²) in [6.07, 6.45) is 3.67. The first-order valence-corrected chi connectivity index (χ1v) is 9.89. The van der Waals surface area contributed by atoms with Gasteiger partial charge >= 0.3 is 11.8 Å². The van der Waals surface area contributed by atoms with Gasteiger partial charge in [-0.1, -0.05) is 6.07 Å². The topological polar surface area (TPSA) is 117 Å². The molecule has 1 aliphatic rings. The van der Waals surface area contributed by atoms with Gasteiger partial charge in [0.05, 0.1) is 10.6 Å². The molecule has 0 spiro atoms. The minimum atomic E-state index is -0.778. The van der Waals surface area contributed by atoms with Crippen molar-refractivity contribution in [3.63, 3.8) is 0 Å². The number of piperidine rings is 1. The Morgan fingerprint density at radius 1 is 1.20 bits per heavy atom. The molecule has 1 saturated heterocycles. The van der Waals surface area contributed by atoms with E-state index in [9.17, 15) is 19.7 Å². The van der Waals surface area contributed by atoms with Crippen LogP contribution >= 0.6 is 0 Å². The number of nitro groups is 1. The summed E-state index contributed by atoms with van der Waals surface area (Å²) in [7, 11) is 0. The molecule has 0 atom stereocenters. The molecule has 3 rings (SSSR count). The number of amides is 2. The summed E-state index contributed by atoms with van der Waals surface area (Å²) in [6, 6.07) is 9.96. The molecule has 0 bridgehead atoms. The van der Waals surface area contributed by atoms with E-state index in [4.69, 9.17) is 0 Å². The number of hydrogen-bond donors (Lipinski definition) is 2. The Morgan fingerprint density at radius 3 is 2.60 bits per heavy atom. The van der Waals surface area contributed by atoms with Gasteiger partial charge in [-0.15, -0.1) is 0 Å². The molecule has 2 amide bonds. The van der Waals surface area contributed by atoms with Crippen LogP contribution in [0.5, 0.6) is 0 Å². The lowest BCUT2D eigenvalue weighted by atomic mass is 9.96.